The molecular weight excluding hydrogens is 291 g/mol. The summed E-state index contributed by atoms with van der Waals surface area (Å²) in [5.41, 5.74) is 5.10. The molecule has 20 heavy (non-hydrogen) atoms. The fraction of sp³-hybridized carbons (Fsp3) is 0.0769. The van der Waals surface area contributed by atoms with E-state index in [0.29, 0.717) is 0 Å². The fourth-order valence-electron chi connectivity index (χ4n) is 1.79. The minimum atomic E-state index is -4.28. The Morgan fingerprint density at radius 1 is 1.00 bits per heavy atom. The van der Waals surface area contributed by atoms with E-state index in [1.807, 2.05) is 0 Å². The van der Waals surface area contributed by atoms with Gasteiger partial charge in [0.25, 0.3) is 0 Å². The van der Waals surface area contributed by atoms with Gasteiger partial charge < -0.3 is 5.73 Å². The molecule has 2 aromatic rings. The number of halogens is 3. The Hall–Kier alpha value is -2.02. The molecule has 0 atom stereocenters. The largest absolute Gasteiger partial charge is 0.399 e. The lowest BCUT2D eigenvalue weighted by Gasteiger charge is -2.08. The van der Waals surface area contributed by atoms with E-state index in [2.05, 4.69) is 0 Å². The van der Waals surface area contributed by atoms with Crippen LogP contribution < -0.4 is 5.73 Å². The zero-order valence-electron chi connectivity index (χ0n) is 10.1. The van der Waals surface area contributed by atoms with E-state index in [1.54, 1.807) is 0 Å². The molecule has 0 amide bonds. The van der Waals surface area contributed by atoms with E-state index in [9.17, 15) is 21.6 Å². The second kappa shape index (κ2) is 5.16. The third-order valence-electron chi connectivity index (χ3n) is 2.58. The number of anilines is 1. The highest BCUT2D eigenvalue weighted by molar-refractivity contribution is 7.90. The number of hydrogen-bond acceptors (Lipinski definition) is 3. The fourth-order valence-corrected chi connectivity index (χ4v) is 3.27. The van der Waals surface area contributed by atoms with Gasteiger partial charge in [-0.25, -0.2) is 21.6 Å². The molecule has 0 radical (unpaired) electrons. The quantitative estimate of drug-likeness (QED) is 0.887. The standard InChI is InChI=1S/C13H10F3NO2S/c14-9-3-1-2-8(4-9)7-20(18,19)13-11(15)5-10(17)6-12(13)16/h1-6H,7,17H2. The van der Waals surface area contributed by atoms with Gasteiger partial charge in [-0.15, -0.1) is 0 Å². The topological polar surface area (TPSA) is 60.2 Å². The van der Waals surface area contributed by atoms with Crippen molar-refractivity contribution in [1.29, 1.82) is 0 Å². The molecule has 0 spiro atoms. The Kier molecular flexibility index (Phi) is 3.71. The number of benzene rings is 2. The molecule has 0 bridgehead atoms. The average molecular weight is 301 g/mol. The minimum absolute atomic E-state index is 0.0978. The molecule has 3 nitrogen and oxygen atoms in total. The first-order valence-electron chi connectivity index (χ1n) is 5.51. The monoisotopic (exact) mass is 301 g/mol. The molecule has 106 valence electrons. The Bertz CT molecular complexity index is 737. The van der Waals surface area contributed by atoms with Gasteiger partial charge in [0.15, 0.2) is 9.84 Å². The molecule has 0 saturated heterocycles. The molecule has 0 saturated carbocycles. The van der Waals surface area contributed by atoms with Gasteiger partial charge in [0.05, 0.1) is 5.75 Å². The van der Waals surface area contributed by atoms with Gasteiger partial charge in [0.1, 0.15) is 22.3 Å². The summed E-state index contributed by atoms with van der Waals surface area (Å²) in [5.74, 6) is -3.86. The third-order valence-corrected chi connectivity index (χ3v) is 4.30. The highest BCUT2D eigenvalue weighted by atomic mass is 32.2. The van der Waals surface area contributed by atoms with Crippen LogP contribution in [-0.2, 0) is 15.6 Å². The number of rotatable bonds is 3. The Morgan fingerprint density at radius 3 is 2.15 bits per heavy atom. The van der Waals surface area contributed by atoms with Gasteiger partial charge in [-0.3, -0.25) is 0 Å². The molecule has 7 heteroatoms. The van der Waals surface area contributed by atoms with E-state index < -0.39 is 37.9 Å². The SMILES string of the molecule is Nc1cc(F)c(S(=O)(=O)Cc2cccc(F)c2)c(F)c1. The first-order chi connectivity index (χ1) is 9.29. The van der Waals surface area contributed by atoms with Crippen LogP contribution in [0.2, 0.25) is 0 Å². The first-order valence-corrected chi connectivity index (χ1v) is 7.16. The van der Waals surface area contributed by atoms with Crippen LogP contribution in [-0.4, -0.2) is 8.42 Å². The summed E-state index contributed by atoms with van der Waals surface area (Å²) < 4.78 is 64.3. The van der Waals surface area contributed by atoms with Crippen LogP contribution in [0.25, 0.3) is 0 Å². The van der Waals surface area contributed by atoms with Crippen molar-refractivity contribution in [3.8, 4) is 0 Å². The zero-order chi connectivity index (χ0) is 14.9. The van der Waals surface area contributed by atoms with E-state index >= 15 is 0 Å². The van der Waals surface area contributed by atoms with Gasteiger partial charge in [-0.05, 0) is 29.8 Å². The highest BCUT2D eigenvalue weighted by Gasteiger charge is 2.25. The maximum Gasteiger partial charge on any atom is 0.188 e. The molecular formula is C13H10F3NO2S. The molecule has 0 aliphatic heterocycles. The zero-order valence-corrected chi connectivity index (χ0v) is 10.9. The molecule has 0 aliphatic rings. The summed E-state index contributed by atoms with van der Waals surface area (Å²) in [4.78, 5) is -1.06. The summed E-state index contributed by atoms with van der Waals surface area (Å²) in [5, 5.41) is 0. The summed E-state index contributed by atoms with van der Waals surface area (Å²) in [7, 11) is -4.28. The predicted octanol–water partition coefficient (Wildman–Crippen LogP) is 2.66. The van der Waals surface area contributed by atoms with Crippen LogP contribution in [0.3, 0.4) is 0 Å². The van der Waals surface area contributed by atoms with Gasteiger partial charge in [-0.1, -0.05) is 12.1 Å². The minimum Gasteiger partial charge on any atom is -0.399 e. The molecule has 2 aromatic carbocycles. The first kappa shape index (κ1) is 14.4. The molecule has 0 aromatic heterocycles. The Balaban J connectivity index is 2.46. The van der Waals surface area contributed by atoms with Gasteiger partial charge in [0, 0.05) is 5.69 Å². The summed E-state index contributed by atoms with van der Waals surface area (Å²) >= 11 is 0. The van der Waals surface area contributed by atoms with E-state index in [0.717, 1.165) is 24.3 Å². The van der Waals surface area contributed by atoms with Gasteiger partial charge in [-0.2, -0.15) is 0 Å². The van der Waals surface area contributed by atoms with Crippen molar-refractivity contribution in [3.63, 3.8) is 0 Å². The molecule has 2 N–H and O–H groups in total. The second-order valence-electron chi connectivity index (χ2n) is 4.20. The number of nitrogen functional groups attached to an aromatic ring is 1. The van der Waals surface area contributed by atoms with Gasteiger partial charge in [0.2, 0.25) is 0 Å². The molecule has 2 rings (SSSR count). The average Bonchev–Trinajstić information content (AvgIpc) is 2.25. The molecule has 0 heterocycles. The van der Waals surface area contributed by atoms with Crippen molar-refractivity contribution < 1.29 is 21.6 Å². The maximum absolute atomic E-state index is 13.6. The van der Waals surface area contributed by atoms with Crippen molar-refractivity contribution in [3.05, 3.63) is 59.4 Å². The van der Waals surface area contributed by atoms with E-state index in [-0.39, 0.29) is 11.3 Å². The highest BCUT2D eigenvalue weighted by Crippen LogP contribution is 2.25. The maximum atomic E-state index is 13.6. The van der Waals surface area contributed by atoms with Crippen LogP contribution in [0.4, 0.5) is 18.9 Å². The van der Waals surface area contributed by atoms with Crippen molar-refractivity contribution in [1.82, 2.24) is 0 Å². The molecule has 0 fully saturated rings. The predicted molar refractivity (Wildman–Crippen MR) is 68.1 cm³/mol. The smallest absolute Gasteiger partial charge is 0.188 e. The normalized spacial score (nSPS) is 11.6. The lowest BCUT2D eigenvalue weighted by molar-refractivity contribution is 0.520. The van der Waals surface area contributed by atoms with Crippen LogP contribution in [0.5, 0.6) is 0 Å². The number of sulfone groups is 1. The molecule has 0 unspecified atom stereocenters. The number of nitrogens with two attached hydrogens (primary N) is 1. The summed E-state index contributed by atoms with van der Waals surface area (Å²) in [6.45, 7) is 0. The van der Waals surface area contributed by atoms with Crippen LogP contribution >= 0.6 is 0 Å². The van der Waals surface area contributed by atoms with E-state index in [1.165, 1.54) is 12.1 Å². The van der Waals surface area contributed by atoms with Gasteiger partial charge >= 0.3 is 0 Å². The summed E-state index contributed by atoms with van der Waals surface area (Å²) in [6.07, 6.45) is 0. The van der Waals surface area contributed by atoms with E-state index in [4.69, 9.17) is 5.73 Å². The second-order valence-corrected chi connectivity index (χ2v) is 6.13. The lowest BCUT2D eigenvalue weighted by Crippen LogP contribution is -2.10. The third kappa shape index (κ3) is 2.93. The Labute approximate surface area is 113 Å². The summed E-state index contributed by atoms with van der Waals surface area (Å²) in [6, 6.07) is 6.25. The molecule has 0 aliphatic carbocycles. The lowest BCUT2D eigenvalue weighted by atomic mass is 10.2. The van der Waals surface area contributed by atoms with Crippen molar-refractivity contribution in [2.24, 2.45) is 0 Å². The van der Waals surface area contributed by atoms with Crippen LogP contribution in [0, 0.1) is 17.5 Å². The number of hydrogen-bond donors (Lipinski definition) is 1. The van der Waals surface area contributed by atoms with Crippen LogP contribution in [0.1, 0.15) is 5.56 Å². The van der Waals surface area contributed by atoms with Crippen molar-refractivity contribution in [2.75, 3.05) is 5.73 Å². The van der Waals surface area contributed by atoms with Crippen LogP contribution in [0.15, 0.2) is 41.3 Å². The van der Waals surface area contributed by atoms with Crippen molar-refractivity contribution in [2.45, 2.75) is 10.6 Å². The van der Waals surface area contributed by atoms with Crippen molar-refractivity contribution >= 4 is 15.5 Å². The Morgan fingerprint density at radius 2 is 1.60 bits per heavy atom.